The molecule has 6 heteroatoms. The van der Waals surface area contributed by atoms with E-state index in [-0.39, 0.29) is 5.91 Å². The number of aromatic nitrogens is 1. The summed E-state index contributed by atoms with van der Waals surface area (Å²) in [6.07, 6.45) is 1.64. The lowest BCUT2D eigenvalue weighted by Crippen LogP contribution is -2.36. The van der Waals surface area contributed by atoms with Gasteiger partial charge >= 0.3 is 0 Å². The van der Waals surface area contributed by atoms with Crippen molar-refractivity contribution in [1.82, 2.24) is 4.98 Å². The van der Waals surface area contributed by atoms with E-state index in [1.165, 1.54) is 0 Å². The van der Waals surface area contributed by atoms with Gasteiger partial charge in [0.15, 0.2) is 0 Å². The Balaban J connectivity index is 1.52. The molecule has 2 N–H and O–H groups in total. The first-order chi connectivity index (χ1) is 13.8. The minimum absolute atomic E-state index is 0.240. The molecule has 1 amide bonds. The highest BCUT2D eigenvalue weighted by atomic mass is 16.5. The van der Waals surface area contributed by atoms with Gasteiger partial charge in [0.2, 0.25) is 0 Å². The molecule has 1 saturated heterocycles. The molecule has 6 nitrogen and oxygen atoms in total. The van der Waals surface area contributed by atoms with Gasteiger partial charge in [0.05, 0.1) is 24.6 Å². The molecule has 1 fully saturated rings. The minimum atomic E-state index is -0.240. The fraction of sp³-hybridized carbons (Fsp3) is 0.182. The van der Waals surface area contributed by atoms with Gasteiger partial charge in [0, 0.05) is 30.7 Å². The van der Waals surface area contributed by atoms with Crippen LogP contribution in [0.3, 0.4) is 0 Å². The number of morpholine rings is 1. The van der Waals surface area contributed by atoms with Crippen molar-refractivity contribution in [3.05, 3.63) is 78.6 Å². The van der Waals surface area contributed by atoms with Crippen LogP contribution in [0.5, 0.6) is 0 Å². The van der Waals surface area contributed by atoms with E-state index in [1.54, 1.807) is 12.3 Å². The number of para-hydroxylation sites is 3. The Kier molecular flexibility index (Phi) is 5.49. The van der Waals surface area contributed by atoms with E-state index in [4.69, 9.17) is 4.74 Å². The number of hydrogen-bond acceptors (Lipinski definition) is 5. The zero-order chi connectivity index (χ0) is 19.2. The molecule has 0 radical (unpaired) electrons. The van der Waals surface area contributed by atoms with Gasteiger partial charge in [0.25, 0.3) is 5.91 Å². The number of carbonyl (C=O) groups excluding carboxylic acids is 1. The minimum Gasteiger partial charge on any atom is -0.378 e. The van der Waals surface area contributed by atoms with Gasteiger partial charge in [-0.15, -0.1) is 0 Å². The molecule has 0 atom stereocenters. The predicted molar refractivity (Wildman–Crippen MR) is 111 cm³/mol. The molecule has 0 spiro atoms. The summed E-state index contributed by atoms with van der Waals surface area (Å²) in [6, 6.07) is 21.1. The number of benzene rings is 2. The maximum Gasteiger partial charge on any atom is 0.274 e. The number of anilines is 4. The molecule has 0 unspecified atom stereocenters. The second kappa shape index (κ2) is 8.54. The first kappa shape index (κ1) is 18.0. The highest BCUT2D eigenvalue weighted by molar-refractivity contribution is 6.03. The standard InChI is InChI=1S/C22H22N4O2/c27-22(25-17-6-2-1-3-7-17)20-16-18(10-11-23-20)24-19-8-4-5-9-21(19)26-12-14-28-15-13-26/h1-11,16H,12-15H2,(H,23,24)(H,25,27). The number of rotatable bonds is 5. The summed E-state index contributed by atoms with van der Waals surface area (Å²) < 4.78 is 5.46. The van der Waals surface area contributed by atoms with Crippen LogP contribution in [0.25, 0.3) is 0 Å². The Morgan fingerprint density at radius 1 is 0.929 bits per heavy atom. The molecule has 28 heavy (non-hydrogen) atoms. The Morgan fingerprint density at radius 2 is 1.68 bits per heavy atom. The normalized spacial score (nSPS) is 13.8. The van der Waals surface area contributed by atoms with Crippen molar-refractivity contribution >= 4 is 28.7 Å². The summed E-state index contributed by atoms with van der Waals surface area (Å²) in [7, 11) is 0. The first-order valence-corrected chi connectivity index (χ1v) is 9.31. The van der Waals surface area contributed by atoms with Crippen molar-refractivity contribution < 1.29 is 9.53 Å². The summed E-state index contributed by atoms with van der Waals surface area (Å²) in [5, 5.41) is 6.29. The zero-order valence-corrected chi connectivity index (χ0v) is 15.5. The summed E-state index contributed by atoms with van der Waals surface area (Å²) in [6.45, 7) is 3.18. The lowest BCUT2D eigenvalue weighted by molar-refractivity contribution is 0.102. The van der Waals surface area contributed by atoms with Crippen LogP contribution in [0.4, 0.5) is 22.7 Å². The van der Waals surface area contributed by atoms with Gasteiger partial charge in [-0.25, -0.2) is 0 Å². The highest BCUT2D eigenvalue weighted by Crippen LogP contribution is 2.29. The van der Waals surface area contributed by atoms with Gasteiger partial charge in [-0.1, -0.05) is 30.3 Å². The van der Waals surface area contributed by atoms with E-state index in [9.17, 15) is 4.79 Å². The lowest BCUT2D eigenvalue weighted by atomic mass is 10.2. The maximum atomic E-state index is 12.5. The summed E-state index contributed by atoms with van der Waals surface area (Å²) in [5.74, 6) is -0.240. The fourth-order valence-corrected chi connectivity index (χ4v) is 3.16. The molecular formula is C22H22N4O2. The van der Waals surface area contributed by atoms with Gasteiger partial charge in [-0.3, -0.25) is 9.78 Å². The molecule has 0 saturated carbocycles. The average molecular weight is 374 g/mol. The van der Waals surface area contributed by atoms with Crippen molar-refractivity contribution in [3.8, 4) is 0 Å². The van der Waals surface area contributed by atoms with Gasteiger partial charge < -0.3 is 20.3 Å². The molecule has 2 heterocycles. The van der Waals surface area contributed by atoms with E-state index in [0.29, 0.717) is 5.69 Å². The molecule has 0 bridgehead atoms. The molecule has 2 aromatic carbocycles. The predicted octanol–water partition coefficient (Wildman–Crippen LogP) is 3.91. The average Bonchev–Trinajstić information content (AvgIpc) is 2.76. The molecule has 3 aromatic rings. The summed E-state index contributed by atoms with van der Waals surface area (Å²) in [4.78, 5) is 19.0. The van der Waals surface area contributed by atoms with Crippen LogP contribution in [-0.2, 0) is 4.74 Å². The van der Waals surface area contributed by atoms with Gasteiger partial charge in [-0.2, -0.15) is 0 Å². The van der Waals surface area contributed by atoms with Gasteiger partial charge in [-0.05, 0) is 36.4 Å². The van der Waals surface area contributed by atoms with E-state index < -0.39 is 0 Å². The monoisotopic (exact) mass is 374 g/mol. The highest BCUT2D eigenvalue weighted by Gasteiger charge is 2.15. The largest absolute Gasteiger partial charge is 0.378 e. The Labute approximate surface area is 164 Å². The molecular weight excluding hydrogens is 352 g/mol. The van der Waals surface area contributed by atoms with Crippen molar-refractivity contribution in [1.29, 1.82) is 0 Å². The number of nitrogens with one attached hydrogen (secondary N) is 2. The van der Waals surface area contributed by atoms with Crippen LogP contribution in [0.2, 0.25) is 0 Å². The molecule has 1 aliphatic rings. The molecule has 4 rings (SSSR count). The third-order valence-electron chi connectivity index (χ3n) is 4.56. The molecule has 0 aliphatic carbocycles. The van der Waals surface area contributed by atoms with Crippen molar-refractivity contribution in [2.75, 3.05) is 41.8 Å². The number of hydrogen-bond donors (Lipinski definition) is 2. The zero-order valence-electron chi connectivity index (χ0n) is 15.5. The number of nitrogens with zero attached hydrogens (tertiary/aromatic N) is 2. The summed E-state index contributed by atoms with van der Waals surface area (Å²) >= 11 is 0. The quantitative estimate of drug-likeness (QED) is 0.709. The summed E-state index contributed by atoms with van der Waals surface area (Å²) in [5.41, 5.74) is 4.03. The van der Waals surface area contributed by atoms with Crippen LogP contribution in [0, 0.1) is 0 Å². The maximum absolute atomic E-state index is 12.5. The Hall–Kier alpha value is -3.38. The van der Waals surface area contributed by atoms with E-state index in [2.05, 4.69) is 26.6 Å². The third kappa shape index (κ3) is 4.29. The molecule has 1 aromatic heterocycles. The van der Waals surface area contributed by atoms with Crippen LogP contribution in [0.15, 0.2) is 72.9 Å². The SMILES string of the molecule is O=C(Nc1ccccc1)c1cc(Nc2ccccc2N2CCOCC2)ccn1. The topological polar surface area (TPSA) is 66.5 Å². The number of ether oxygens (including phenoxy) is 1. The smallest absolute Gasteiger partial charge is 0.274 e. The molecule has 142 valence electrons. The molecule has 1 aliphatic heterocycles. The Bertz CT molecular complexity index is 940. The fourth-order valence-electron chi connectivity index (χ4n) is 3.16. The number of pyridine rings is 1. The number of amides is 1. The second-order valence-electron chi connectivity index (χ2n) is 6.49. The second-order valence-corrected chi connectivity index (χ2v) is 6.49. The van der Waals surface area contributed by atoms with Crippen molar-refractivity contribution in [3.63, 3.8) is 0 Å². The van der Waals surface area contributed by atoms with E-state index in [1.807, 2.05) is 54.6 Å². The van der Waals surface area contributed by atoms with E-state index in [0.717, 1.165) is 49.1 Å². The van der Waals surface area contributed by atoms with Crippen LogP contribution >= 0.6 is 0 Å². The third-order valence-corrected chi connectivity index (χ3v) is 4.56. The van der Waals surface area contributed by atoms with Crippen molar-refractivity contribution in [2.24, 2.45) is 0 Å². The lowest BCUT2D eigenvalue weighted by Gasteiger charge is -2.30. The van der Waals surface area contributed by atoms with E-state index >= 15 is 0 Å². The van der Waals surface area contributed by atoms with Crippen LogP contribution < -0.4 is 15.5 Å². The van der Waals surface area contributed by atoms with Crippen LogP contribution in [0.1, 0.15) is 10.5 Å². The Morgan fingerprint density at radius 3 is 2.50 bits per heavy atom. The van der Waals surface area contributed by atoms with Gasteiger partial charge in [0.1, 0.15) is 5.69 Å². The van der Waals surface area contributed by atoms with Crippen LogP contribution in [-0.4, -0.2) is 37.2 Å². The van der Waals surface area contributed by atoms with Crippen molar-refractivity contribution in [2.45, 2.75) is 0 Å². The number of carbonyl (C=O) groups is 1. The first-order valence-electron chi connectivity index (χ1n) is 9.31.